The van der Waals surface area contributed by atoms with E-state index in [2.05, 4.69) is 10.2 Å². The number of furan rings is 1. The smallest absolute Gasteiger partial charge is 0.257 e. The number of carbonyl (C=O) groups excluding carboxylic acids is 2. The fourth-order valence-corrected chi connectivity index (χ4v) is 3.40. The second-order valence-corrected chi connectivity index (χ2v) is 7.19. The zero-order chi connectivity index (χ0) is 19.6. The summed E-state index contributed by atoms with van der Waals surface area (Å²) in [6.07, 6.45) is 0. The van der Waals surface area contributed by atoms with Gasteiger partial charge in [0.05, 0.1) is 12.1 Å². The van der Waals surface area contributed by atoms with Gasteiger partial charge in [-0.15, -0.1) is 0 Å². The maximum atomic E-state index is 12.6. The van der Waals surface area contributed by atoms with Crippen molar-refractivity contribution in [2.24, 2.45) is 0 Å². The molecule has 0 atom stereocenters. The Balaban J connectivity index is 1.52. The molecule has 1 aliphatic heterocycles. The Morgan fingerprint density at radius 3 is 2.41 bits per heavy atom. The summed E-state index contributed by atoms with van der Waals surface area (Å²) in [4.78, 5) is 28.9. The van der Waals surface area contributed by atoms with E-state index in [-0.39, 0.29) is 11.8 Å². The molecule has 6 heteroatoms. The molecule has 0 spiro atoms. The minimum absolute atomic E-state index is 0.00355. The summed E-state index contributed by atoms with van der Waals surface area (Å²) in [7, 11) is 0. The van der Waals surface area contributed by atoms with Gasteiger partial charge in [-0.1, -0.05) is 12.1 Å². The van der Waals surface area contributed by atoms with Crippen LogP contribution < -0.4 is 5.32 Å². The first kappa shape index (κ1) is 19.2. The van der Waals surface area contributed by atoms with Gasteiger partial charge in [0.1, 0.15) is 11.5 Å². The van der Waals surface area contributed by atoms with Crippen LogP contribution in [0.2, 0.25) is 0 Å². The van der Waals surface area contributed by atoms with Gasteiger partial charge < -0.3 is 14.6 Å². The highest BCUT2D eigenvalue weighted by Gasteiger charge is 2.25. The summed E-state index contributed by atoms with van der Waals surface area (Å²) in [5, 5.41) is 2.99. The Bertz CT molecular complexity index is 848. The van der Waals surface area contributed by atoms with Crippen LogP contribution in [-0.2, 0) is 4.79 Å². The number of aryl methyl sites for hydroxylation is 3. The molecule has 1 N–H and O–H groups in total. The minimum Gasteiger partial charge on any atom is -0.466 e. The highest BCUT2D eigenvalue weighted by atomic mass is 16.3. The van der Waals surface area contributed by atoms with Crippen LogP contribution in [0.25, 0.3) is 0 Å². The van der Waals surface area contributed by atoms with E-state index in [4.69, 9.17) is 4.42 Å². The third-order valence-electron chi connectivity index (χ3n) is 5.18. The van der Waals surface area contributed by atoms with Crippen LogP contribution in [-0.4, -0.2) is 54.3 Å². The van der Waals surface area contributed by atoms with Gasteiger partial charge in [-0.3, -0.25) is 14.5 Å². The Hall–Kier alpha value is -2.60. The van der Waals surface area contributed by atoms with E-state index in [1.165, 1.54) is 0 Å². The van der Waals surface area contributed by atoms with Gasteiger partial charge in [0.2, 0.25) is 5.91 Å². The van der Waals surface area contributed by atoms with E-state index in [0.717, 1.165) is 22.6 Å². The monoisotopic (exact) mass is 369 g/mol. The van der Waals surface area contributed by atoms with Gasteiger partial charge in [-0.2, -0.15) is 0 Å². The summed E-state index contributed by atoms with van der Waals surface area (Å²) in [6, 6.07) is 7.69. The van der Waals surface area contributed by atoms with E-state index in [1.54, 1.807) is 6.07 Å². The van der Waals surface area contributed by atoms with Crippen LogP contribution in [0.3, 0.4) is 0 Å². The average Bonchev–Trinajstić information content (AvgIpc) is 2.97. The predicted octanol–water partition coefficient (Wildman–Crippen LogP) is 2.91. The van der Waals surface area contributed by atoms with Crippen molar-refractivity contribution in [2.75, 3.05) is 38.0 Å². The van der Waals surface area contributed by atoms with Crippen molar-refractivity contribution < 1.29 is 14.0 Å². The molecule has 3 rings (SSSR count). The molecule has 2 amide bonds. The molecule has 2 aromatic rings. The van der Waals surface area contributed by atoms with Crippen LogP contribution >= 0.6 is 0 Å². The molecule has 6 nitrogen and oxygen atoms in total. The highest BCUT2D eigenvalue weighted by Crippen LogP contribution is 2.19. The molecule has 2 heterocycles. The van der Waals surface area contributed by atoms with Crippen LogP contribution in [0.5, 0.6) is 0 Å². The Morgan fingerprint density at radius 2 is 1.78 bits per heavy atom. The van der Waals surface area contributed by atoms with Gasteiger partial charge in [-0.25, -0.2) is 0 Å². The number of rotatable bonds is 4. The van der Waals surface area contributed by atoms with Gasteiger partial charge >= 0.3 is 0 Å². The Kier molecular flexibility index (Phi) is 5.65. The summed E-state index contributed by atoms with van der Waals surface area (Å²) in [5.74, 6) is 1.39. The first-order valence-electron chi connectivity index (χ1n) is 9.30. The topological polar surface area (TPSA) is 65.8 Å². The number of amides is 2. The summed E-state index contributed by atoms with van der Waals surface area (Å²) in [5.41, 5.74) is 3.74. The van der Waals surface area contributed by atoms with E-state index >= 15 is 0 Å². The zero-order valence-electron chi connectivity index (χ0n) is 16.5. The van der Waals surface area contributed by atoms with Crippen LogP contribution in [0.1, 0.15) is 33.0 Å². The van der Waals surface area contributed by atoms with Crippen LogP contribution in [0.15, 0.2) is 28.7 Å². The van der Waals surface area contributed by atoms with Crippen molar-refractivity contribution in [2.45, 2.75) is 27.7 Å². The number of benzene rings is 1. The summed E-state index contributed by atoms with van der Waals surface area (Å²) >= 11 is 0. The van der Waals surface area contributed by atoms with Crippen molar-refractivity contribution in [3.05, 3.63) is 52.5 Å². The van der Waals surface area contributed by atoms with Gasteiger partial charge in [-0.05, 0) is 51.0 Å². The number of piperazine rings is 1. The molecule has 1 aliphatic rings. The molecule has 1 aromatic carbocycles. The first-order chi connectivity index (χ1) is 12.8. The lowest BCUT2D eigenvalue weighted by atomic mass is 10.1. The Morgan fingerprint density at radius 1 is 1.07 bits per heavy atom. The minimum atomic E-state index is -0.0234. The predicted molar refractivity (Wildman–Crippen MR) is 105 cm³/mol. The molecular formula is C21H27N3O3. The largest absolute Gasteiger partial charge is 0.466 e. The highest BCUT2D eigenvalue weighted by molar-refractivity contribution is 5.95. The molecule has 144 valence electrons. The zero-order valence-corrected chi connectivity index (χ0v) is 16.5. The molecule has 0 aliphatic carbocycles. The van der Waals surface area contributed by atoms with Crippen molar-refractivity contribution in [1.29, 1.82) is 0 Å². The van der Waals surface area contributed by atoms with Crippen LogP contribution in [0, 0.1) is 27.7 Å². The lowest BCUT2D eigenvalue weighted by Gasteiger charge is -2.34. The second-order valence-electron chi connectivity index (χ2n) is 7.19. The lowest BCUT2D eigenvalue weighted by molar-refractivity contribution is -0.117. The van der Waals surface area contributed by atoms with Crippen molar-refractivity contribution in [3.8, 4) is 0 Å². The Labute approximate surface area is 160 Å². The van der Waals surface area contributed by atoms with Gasteiger partial charge in [0.15, 0.2) is 0 Å². The molecule has 0 saturated carbocycles. The average molecular weight is 369 g/mol. The third kappa shape index (κ3) is 4.39. The van der Waals surface area contributed by atoms with Gasteiger partial charge in [0.25, 0.3) is 5.91 Å². The quantitative estimate of drug-likeness (QED) is 0.900. The van der Waals surface area contributed by atoms with Crippen molar-refractivity contribution in [1.82, 2.24) is 9.80 Å². The molecule has 27 heavy (non-hydrogen) atoms. The number of hydrogen-bond acceptors (Lipinski definition) is 4. The van der Waals surface area contributed by atoms with E-state index in [9.17, 15) is 9.59 Å². The molecule has 1 fully saturated rings. The number of carbonyl (C=O) groups is 2. The summed E-state index contributed by atoms with van der Waals surface area (Å²) in [6.45, 7) is 10.6. The van der Waals surface area contributed by atoms with Crippen molar-refractivity contribution in [3.63, 3.8) is 0 Å². The van der Waals surface area contributed by atoms with E-state index in [1.807, 2.05) is 50.8 Å². The van der Waals surface area contributed by atoms with E-state index in [0.29, 0.717) is 44.0 Å². The van der Waals surface area contributed by atoms with E-state index < -0.39 is 0 Å². The maximum Gasteiger partial charge on any atom is 0.257 e. The fraction of sp³-hybridized carbons (Fsp3) is 0.429. The SMILES string of the molecule is Cc1cc(C(=O)N2CCN(CC(=O)Nc3cccc(C)c3C)CC2)c(C)o1. The van der Waals surface area contributed by atoms with Crippen molar-refractivity contribution >= 4 is 17.5 Å². The fourth-order valence-electron chi connectivity index (χ4n) is 3.40. The third-order valence-corrected chi connectivity index (χ3v) is 5.18. The number of nitrogens with one attached hydrogen (secondary N) is 1. The molecule has 1 saturated heterocycles. The standard InChI is InChI=1S/C21H27N3O3/c1-14-6-5-7-19(16(14)3)22-20(25)13-23-8-10-24(11-9-23)21(26)18-12-15(2)27-17(18)4/h5-7,12H,8-11,13H2,1-4H3,(H,22,25). The second kappa shape index (κ2) is 7.96. The molecule has 1 aromatic heterocycles. The number of hydrogen-bond donors (Lipinski definition) is 1. The lowest BCUT2D eigenvalue weighted by Crippen LogP contribution is -2.50. The van der Waals surface area contributed by atoms with Crippen LogP contribution in [0.4, 0.5) is 5.69 Å². The number of anilines is 1. The molecule has 0 unspecified atom stereocenters. The van der Waals surface area contributed by atoms with Gasteiger partial charge in [0, 0.05) is 31.9 Å². The molecule has 0 radical (unpaired) electrons. The summed E-state index contributed by atoms with van der Waals surface area (Å²) < 4.78 is 5.46. The number of nitrogens with zero attached hydrogens (tertiary/aromatic N) is 2. The molecular weight excluding hydrogens is 342 g/mol. The molecule has 0 bridgehead atoms. The normalized spacial score (nSPS) is 15.0. The first-order valence-corrected chi connectivity index (χ1v) is 9.30. The maximum absolute atomic E-state index is 12.6.